The Bertz CT molecular complexity index is 942. The third-order valence-electron chi connectivity index (χ3n) is 6.63. The number of halogens is 1. The average molecular weight is 501 g/mol. The summed E-state index contributed by atoms with van der Waals surface area (Å²) >= 11 is 6.03. The molecule has 2 amide bonds. The van der Waals surface area contributed by atoms with E-state index in [2.05, 4.69) is 0 Å². The first-order valence-electron chi connectivity index (χ1n) is 12.3. The predicted molar refractivity (Wildman–Crippen MR) is 135 cm³/mol. The fraction of sp³-hybridized carbons (Fsp3) is 0.481. The fourth-order valence-corrected chi connectivity index (χ4v) is 4.69. The van der Waals surface area contributed by atoms with E-state index in [4.69, 9.17) is 25.8 Å². The van der Waals surface area contributed by atoms with Crippen molar-refractivity contribution in [1.29, 1.82) is 0 Å². The summed E-state index contributed by atoms with van der Waals surface area (Å²) in [7, 11) is 0. The lowest BCUT2D eigenvalue weighted by molar-refractivity contribution is -0.140. The Kier molecular flexibility index (Phi) is 9.40. The molecule has 188 valence electrons. The molecule has 0 atom stereocenters. The topological polar surface area (TPSA) is 68.3 Å². The minimum Gasteiger partial charge on any atom is -0.449 e. The molecule has 0 N–H and O–H groups in total. The Hall–Kier alpha value is -2.61. The number of hydrogen-bond donors (Lipinski definition) is 0. The van der Waals surface area contributed by atoms with Crippen molar-refractivity contribution >= 4 is 35.0 Å². The van der Waals surface area contributed by atoms with Crippen LogP contribution in [-0.4, -0.2) is 63.0 Å². The second-order valence-corrected chi connectivity index (χ2v) is 9.56. The van der Waals surface area contributed by atoms with Crippen molar-refractivity contribution in [2.75, 3.05) is 51.0 Å². The van der Waals surface area contributed by atoms with Crippen LogP contribution >= 0.6 is 11.6 Å². The summed E-state index contributed by atoms with van der Waals surface area (Å²) in [6.07, 6.45) is 3.57. The highest BCUT2D eigenvalue weighted by molar-refractivity contribution is 6.30. The third-order valence-corrected chi connectivity index (χ3v) is 6.89. The Morgan fingerprint density at radius 2 is 1.49 bits per heavy atom. The van der Waals surface area contributed by atoms with Crippen molar-refractivity contribution in [2.24, 2.45) is 11.8 Å². The van der Waals surface area contributed by atoms with Crippen LogP contribution in [0.5, 0.6) is 0 Å². The van der Waals surface area contributed by atoms with Crippen LogP contribution in [-0.2, 0) is 19.0 Å². The van der Waals surface area contributed by atoms with Crippen LogP contribution in [0.25, 0.3) is 0 Å². The molecule has 0 spiro atoms. The number of hydrogen-bond acceptors (Lipinski definition) is 5. The molecule has 35 heavy (non-hydrogen) atoms. The van der Waals surface area contributed by atoms with Crippen LogP contribution in [0.1, 0.15) is 25.7 Å². The van der Waals surface area contributed by atoms with Gasteiger partial charge < -0.3 is 19.1 Å². The number of ether oxygens (including phenoxy) is 3. The Labute approximate surface area is 211 Å². The Balaban J connectivity index is 1.21. The molecule has 1 heterocycles. The molecular weight excluding hydrogens is 468 g/mol. The van der Waals surface area contributed by atoms with Gasteiger partial charge >= 0.3 is 6.09 Å². The first-order valence-corrected chi connectivity index (χ1v) is 12.7. The lowest BCUT2D eigenvalue weighted by Crippen LogP contribution is -2.42. The summed E-state index contributed by atoms with van der Waals surface area (Å²) in [5.74, 6) is 0.805. The zero-order valence-electron chi connectivity index (χ0n) is 19.9. The number of rotatable bonds is 8. The van der Waals surface area contributed by atoms with Gasteiger partial charge in [0.2, 0.25) is 5.91 Å². The van der Waals surface area contributed by atoms with Crippen LogP contribution in [0, 0.1) is 11.8 Å². The molecule has 2 aromatic carbocycles. The van der Waals surface area contributed by atoms with Crippen molar-refractivity contribution in [3.8, 4) is 0 Å². The number of para-hydroxylation sites is 1. The lowest BCUT2D eigenvalue weighted by atomic mass is 9.83. The van der Waals surface area contributed by atoms with E-state index in [-0.39, 0.29) is 12.5 Å². The third kappa shape index (κ3) is 7.43. The first-order chi connectivity index (χ1) is 17.1. The van der Waals surface area contributed by atoms with Crippen molar-refractivity contribution in [1.82, 2.24) is 4.90 Å². The molecule has 2 aliphatic rings. The second-order valence-electron chi connectivity index (χ2n) is 9.12. The minimum absolute atomic E-state index is 0.0394. The van der Waals surface area contributed by atoms with Crippen molar-refractivity contribution < 1.29 is 23.8 Å². The number of nitrogens with zero attached hydrogens (tertiary/aromatic N) is 2. The van der Waals surface area contributed by atoms with Gasteiger partial charge in [0, 0.05) is 18.1 Å². The zero-order chi connectivity index (χ0) is 24.5. The molecular formula is C27H33ClN2O5. The summed E-state index contributed by atoms with van der Waals surface area (Å²) < 4.78 is 16.8. The Morgan fingerprint density at radius 1 is 0.886 bits per heavy atom. The highest BCUT2D eigenvalue weighted by Crippen LogP contribution is 2.31. The molecule has 1 saturated heterocycles. The fourth-order valence-electron chi connectivity index (χ4n) is 4.56. The second kappa shape index (κ2) is 12.9. The molecule has 7 nitrogen and oxygen atoms in total. The molecule has 1 saturated carbocycles. The molecule has 2 fully saturated rings. The number of carbonyl (C=O) groups is 2. The maximum absolute atomic E-state index is 13.1. The van der Waals surface area contributed by atoms with E-state index >= 15 is 0 Å². The SMILES string of the molecule is O=C(COCC1CCC(COC(=O)N(c2ccccc2)c2ccc(Cl)cc2)CC1)N1CCOCC1. The van der Waals surface area contributed by atoms with Crippen LogP contribution in [0.2, 0.25) is 5.02 Å². The predicted octanol–water partition coefficient (Wildman–Crippen LogP) is 5.30. The summed E-state index contributed by atoms with van der Waals surface area (Å²) in [5, 5.41) is 0.612. The largest absolute Gasteiger partial charge is 0.449 e. The quantitative estimate of drug-likeness (QED) is 0.492. The average Bonchev–Trinajstić information content (AvgIpc) is 2.90. The van der Waals surface area contributed by atoms with E-state index in [0.717, 1.165) is 31.4 Å². The summed E-state index contributed by atoms with van der Waals surface area (Å²) in [6, 6.07) is 16.6. The van der Waals surface area contributed by atoms with E-state index in [1.54, 1.807) is 21.9 Å². The van der Waals surface area contributed by atoms with E-state index < -0.39 is 6.09 Å². The van der Waals surface area contributed by atoms with Gasteiger partial charge in [-0.2, -0.15) is 0 Å². The van der Waals surface area contributed by atoms with Crippen LogP contribution < -0.4 is 4.90 Å². The van der Waals surface area contributed by atoms with E-state index in [9.17, 15) is 9.59 Å². The van der Waals surface area contributed by atoms with Crippen LogP contribution in [0.15, 0.2) is 54.6 Å². The van der Waals surface area contributed by atoms with Crippen molar-refractivity contribution in [3.05, 3.63) is 59.6 Å². The maximum Gasteiger partial charge on any atom is 0.418 e. The van der Waals surface area contributed by atoms with Gasteiger partial charge in [-0.05, 0) is 73.9 Å². The maximum atomic E-state index is 13.1. The normalized spacial score (nSPS) is 20.3. The van der Waals surface area contributed by atoms with Gasteiger partial charge in [-0.25, -0.2) is 9.69 Å². The van der Waals surface area contributed by atoms with Crippen LogP contribution in [0.4, 0.5) is 16.2 Å². The van der Waals surface area contributed by atoms with Gasteiger partial charge in [-0.15, -0.1) is 0 Å². The van der Waals surface area contributed by atoms with Gasteiger partial charge in [0.15, 0.2) is 0 Å². The summed E-state index contributed by atoms with van der Waals surface area (Å²) in [4.78, 5) is 28.7. The van der Waals surface area contributed by atoms with Gasteiger partial charge in [-0.1, -0.05) is 29.8 Å². The van der Waals surface area contributed by atoms with Gasteiger partial charge in [0.1, 0.15) is 6.61 Å². The number of benzene rings is 2. The van der Waals surface area contributed by atoms with Crippen molar-refractivity contribution in [3.63, 3.8) is 0 Å². The molecule has 8 heteroatoms. The molecule has 1 aliphatic heterocycles. The van der Waals surface area contributed by atoms with Crippen LogP contribution in [0.3, 0.4) is 0 Å². The molecule has 0 unspecified atom stereocenters. The minimum atomic E-state index is -0.398. The summed E-state index contributed by atoms with van der Waals surface area (Å²) in [5.41, 5.74) is 1.45. The van der Waals surface area contributed by atoms with Gasteiger partial charge in [0.25, 0.3) is 0 Å². The highest BCUT2D eigenvalue weighted by Gasteiger charge is 2.25. The van der Waals surface area contributed by atoms with Gasteiger partial charge in [0.05, 0.1) is 37.8 Å². The molecule has 0 aromatic heterocycles. The number of morpholine rings is 1. The monoisotopic (exact) mass is 500 g/mol. The highest BCUT2D eigenvalue weighted by atomic mass is 35.5. The first kappa shape index (κ1) is 25.5. The molecule has 4 rings (SSSR count). The number of carbonyl (C=O) groups excluding carboxylic acids is 2. The molecule has 2 aromatic rings. The van der Waals surface area contributed by atoms with E-state index in [0.29, 0.717) is 62.1 Å². The lowest BCUT2D eigenvalue weighted by Gasteiger charge is -2.30. The number of amides is 2. The molecule has 1 aliphatic carbocycles. The van der Waals surface area contributed by atoms with Crippen molar-refractivity contribution in [2.45, 2.75) is 25.7 Å². The zero-order valence-corrected chi connectivity index (χ0v) is 20.7. The molecule has 0 radical (unpaired) electrons. The van der Waals surface area contributed by atoms with E-state index in [1.165, 1.54) is 0 Å². The van der Waals surface area contributed by atoms with E-state index in [1.807, 2.05) is 42.5 Å². The number of anilines is 2. The molecule has 0 bridgehead atoms. The van der Waals surface area contributed by atoms with Gasteiger partial charge in [-0.3, -0.25) is 4.79 Å². The smallest absolute Gasteiger partial charge is 0.418 e. The Morgan fingerprint density at radius 3 is 2.14 bits per heavy atom. The standard InChI is InChI=1S/C27H33ClN2O5/c28-23-10-12-25(13-11-23)30(24-4-2-1-3-5-24)27(32)35-19-22-8-6-21(7-9-22)18-34-20-26(31)29-14-16-33-17-15-29/h1-5,10-13,21-22H,6-9,14-20H2. The summed E-state index contributed by atoms with van der Waals surface area (Å²) in [6.45, 7) is 3.61.